The summed E-state index contributed by atoms with van der Waals surface area (Å²) in [7, 11) is 0. The first-order valence-corrected chi connectivity index (χ1v) is 6.87. The predicted octanol–water partition coefficient (Wildman–Crippen LogP) is 5.15. The van der Waals surface area contributed by atoms with Crippen LogP contribution in [0, 0.1) is 0 Å². The Labute approximate surface area is 119 Å². The minimum Gasteiger partial charge on any atom is -0.290 e. The van der Waals surface area contributed by atoms with Crippen LogP contribution in [0.4, 0.5) is 0 Å². The van der Waals surface area contributed by atoms with E-state index in [1.54, 1.807) is 0 Å². The first-order valence-electron chi connectivity index (χ1n) is 5.91. The van der Waals surface area contributed by atoms with Crippen LogP contribution in [0.25, 0.3) is 32.4 Å². The SMILES string of the molecule is In1ccc2cc3cc4ccccc4cc3cc21. The van der Waals surface area contributed by atoms with Crippen LogP contribution in [0.15, 0.2) is 60.8 Å². The molecule has 0 N–H and O–H groups in total. The summed E-state index contributed by atoms with van der Waals surface area (Å²) in [6.45, 7) is 0. The quantitative estimate of drug-likeness (QED) is 0.308. The number of nitrogens with zero attached hydrogens (tertiary/aromatic N) is 1. The molecular weight excluding hydrogens is 333 g/mol. The van der Waals surface area contributed by atoms with Crippen molar-refractivity contribution in [3.63, 3.8) is 0 Å². The van der Waals surface area contributed by atoms with E-state index in [4.69, 9.17) is 0 Å². The summed E-state index contributed by atoms with van der Waals surface area (Å²) in [6.07, 6.45) is 2.10. The summed E-state index contributed by atoms with van der Waals surface area (Å²) in [6, 6.07) is 19.8. The van der Waals surface area contributed by atoms with Gasteiger partial charge >= 0.3 is 0 Å². The lowest BCUT2D eigenvalue weighted by molar-refractivity contribution is 1.43. The van der Waals surface area contributed by atoms with E-state index in [2.05, 4.69) is 86.4 Å². The highest BCUT2D eigenvalue weighted by molar-refractivity contribution is 14.1. The van der Waals surface area contributed by atoms with Crippen LogP contribution in [0.1, 0.15) is 0 Å². The minimum absolute atomic E-state index is 1.28. The van der Waals surface area contributed by atoms with E-state index in [0.29, 0.717) is 0 Å². The molecule has 0 saturated carbocycles. The third-order valence-electron chi connectivity index (χ3n) is 3.47. The monoisotopic (exact) mass is 343 g/mol. The van der Waals surface area contributed by atoms with Gasteiger partial charge in [0.25, 0.3) is 0 Å². The molecule has 0 aliphatic heterocycles. The molecule has 0 spiro atoms. The van der Waals surface area contributed by atoms with Crippen molar-refractivity contribution in [1.82, 2.24) is 2.78 Å². The van der Waals surface area contributed by atoms with Crippen LogP contribution in [-0.4, -0.2) is 2.78 Å². The van der Waals surface area contributed by atoms with Crippen molar-refractivity contribution >= 4 is 55.3 Å². The molecule has 18 heavy (non-hydrogen) atoms. The van der Waals surface area contributed by atoms with Crippen molar-refractivity contribution in [2.75, 3.05) is 0 Å². The molecule has 0 fully saturated rings. The number of hydrogen-bond donors (Lipinski definition) is 0. The van der Waals surface area contributed by atoms with Crippen molar-refractivity contribution < 1.29 is 0 Å². The molecule has 0 bridgehead atoms. The molecule has 1 heterocycles. The van der Waals surface area contributed by atoms with Crippen LogP contribution in [-0.2, 0) is 0 Å². The van der Waals surface area contributed by atoms with Gasteiger partial charge in [0, 0.05) is 11.6 Å². The second-order valence-corrected chi connectivity index (χ2v) is 5.62. The fourth-order valence-electron chi connectivity index (χ4n) is 2.54. The Bertz CT molecular complexity index is 889. The van der Waals surface area contributed by atoms with Crippen LogP contribution >= 0.6 is 22.9 Å². The molecule has 0 aliphatic carbocycles. The Kier molecular flexibility index (Phi) is 2.14. The van der Waals surface area contributed by atoms with Gasteiger partial charge in [-0.3, -0.25) is 2.78 Å². The van der Waals surface area contributed by atoms with Gasteiger partial charge in [-0.05, 0) is 51.9 Å². The number of aromatic nitrogens is 1. The lowest BCUT2D eigenvalue weighted by atomic mass is 10.0. The summed E-state index contributed by atoms with van der Waals surface area (Å²) < 4.78 is 2.14. The maximum absolute atomic E-state index is 2.32. The van der Waals surface area contributed by atoms with Crippen LogP contribution in [0.5, 0.6) is 0 Å². The molecule has 2 heteroatoms. The van der Waals surface area contributed by atoms with E-state index in [1.165, 1.54) is 32.4 Å². The number of benzene rings is 3. The Hall–Kier alpha value is -1.55. The van der Waals surface area contributed by atoms with Gasteiger partial charge in [-0.25, -0.2) is 0 Å². The number of rotatable bonds is 0. The largest absolute Gasteiger partial charge is 0.290 e. The first kappa shape index (κ1) is 10.4. The van der Waals surface area contributed by atoms with Gasteiger partial charge in [0.2, 0.25) is 0 Å². The summed E-state index contributed by atoms with van der Waals surface area (Å²) in [5, 5.41) is 6.52. The Morgan fingerprint density at radius 2 is 1.28 bits per heavy atom. The summed E-state index contributed by atoms with van der Waals surface area (Å²) in [4.78, 5) is 0. The molecule has 3 aromatic carbocycles. The molecule has 1 aromatic heterocycles. The maximum Gasteiger partial charge on any atom is 0.0640 e. The number of hydrogen-bond acceptors (Lipinski definition) is 0. The predicted molar refractivity (Wildman–Crippen MR) is 86.4 cm³/mol. The van der Waals surface area contributed by atoms with Crippen LogP contribution in [0.3, 0.4) is 0 Å². The third kappa shape index (κ3) is 1.45. The lowest BCUT2D eigenvalue weighted by Gasteiger charge is -2.03. The van der Waals surface area contributed by atoms with Crippen molar-refractivity contribution in [1.29, 1.82) is 0 Å². The smallest absolute Gasteiger partial charge is 0.0640 e. The van der Waals surface area contributed by atoms with Crippen LogP contribution in [0.2, 0.25) is 0 Å². The van der Waals surface area contributed by atoms with E-state index >= 15 is 0 Å². The molecule has 0 radical (unpaired) electrons. The van der Waals surface area contributed by atoms with E-state index in [0.717, 1.165) is 0 Å². The van der Waals surface area contributed by atoms with Gasteiger partial charge in [0.15, 0.2) is 0 Å². The van der Waals surface area contributed by atoms with Crippen molar-refractivity contribution in [3.05, 3.63) is 60.8 Å². The van der Waals surface area contributed by atoms with Crippen LogP contribution < -0.4 is 0 Å². The second-order valence-electron chi connectivity index (χ2n) is 4.58. The molecule has 0 amide bonds. The standard InChI is InChI=1S/C16H10IN/c17-18-6-5-13-9-14-7-11-3-1-2-4-12(11)8-15(14)10-16(13)18/h1-10H. The molecule has 4 rings (SSSR count). The Morgan fingerprint density at radius 1 is 0.667 bits per heavy atom. The summed E-state index contributed by atoms with van der Waals surface area (Å²) in [5.41, 5.74) is 1.28. The van der Waals surface area contributed by atoms with Gasteiger partial charge in [-0.1, -0.05) is 24.3 Å². The molecule has 0 aliphatic rings. The van der Waals surface area contributed by atoms with E-state index in [1.807, 2.05) is 0 Å². The maximum atomic E-state index is 2.32. The number of fused-ring (bicyclic) bond motifs is 3. The van der Waals surface area contributed by atoms with Gasteiger partial charge in [0.05, 0.1) is 28.4 Å². The topological polar surface area (TPSA) is 4.93 Å². The third-order valence-corrected chi connectivity index (χ3v) is 4.31. The van der Waals surface area contributed by atoms with Crippen molar-refractivity contribution in [2.45, 2.75) is 0 Å². The van der Waals surface area contributed by atoms with Crippen molar-refractivity contribution in [3.8, 4) is 0 Å². The van der Waals surface area contributed by atoms with E-state index in [9.17, 15) is 0 Å². The van der Waals surface area contributed by atoms with E-state index in [-0.39, 0.29) is 0 Å². The zero-order valence-corrected chi connectivity index (χ0v) is 11.8. The molecule has 1 nitrogen and oxygen atoms in total. The highest BCUT2D eigenvalue weighted by Crippen LogP contribution is 2.28. The first-order chi connectivity index (χ1) is 8.81. The molecule has 4 aromatic rings. The van der Waals surface area contributed by atoms with Gasteiger partial charge in [-0.15, -0.1) is 0 Å². The summed E-state index contributed by atoms with van der Waals surface area (Å²) >= 11 is 2.32. The highest BCUT2D eigenvalue weighted by Gasteiger charge is 2.03. The van der Waals surface area contributed by atoms with Gasteiger partial charge in [0.1, 0.15) is 0 Å². The molecule has 86 valence electrons. The average Bonchev–Trinajstić information content (AvgIpc) is 2.75. The Balaban J connectivity index is 2.21. The zero-order chi connectivity index (χ0) is 12.1. The van der Waals surface area contributed by atoms with Crippen molar-refractivity contribution in [2.24, 2.45) is 0 Å². The minimum atomic E-state index is 1.28. The molecule has 0 saturated heterocycles. The van der Waals surface area contributed by atoms with E-state index < -0.39 is 0 Å². The van der Waals surface area contributed by atoms with Gasteiger partial charge < -0.3 is 0 Å². The average molecular weight is 343 g/mol. The lowest BCUT2D eigenvalue weighted by Crippen LogP contribution is -1.79. The second kappa shape index (κ2) is 3.72. The fraction of sp³-hybridized carbons (Fsp3) is 0. The number of halogens is 1. The molecular formula is C16H10IN. The highest BCUT2D eigenvalue weighted by atomic mass is 127. The normalized spacial score (nSPS) is 11.6. The fourth-order valence-corrected chi connectivity index (χ4v) is 3.12. The zero-order valence-electron chi connectivity index (χ0n) is 9.60. The molecule has 0 atom stereocenters. The Morgan fingerprint density at radius 3 is 2.00 bits per heavy atom. The summed E-state index contributed by atoms with van der Waals surface area (Å²) in [5.74, 6) is 0. The molecule has 0 unspecified atom stereocenters. The van der Waals surface area contributed by atoms with Gasteiger partial charge in [-0.2, -0.15) is 0 Å².